The summed E-state index contributed by atoms with van der Waals surface area (Å²) < 4.78 is 0. The molecule has 0 atom stereocenters. The van der Waals surface area contributed by atoms with Crippen molar-refractivity contribution in [2.45, 2.75) is 39.7 Å². The maximum absolute atomic E-state index is 12.5. The number of rotatable bonds is 5. The van der Waals surface area contributed by atoms with Crippen LogP contribution in [-0.2, 0) is 16.0 Å². The second kappa shape index (κ2) is 7.47. The van der Waals surface area contributed by atoms with Crippen LogP contribution in [0.1, 0.15) is 33.3 Å². The Hall–Kier alpha value is -2.36. The highest BCUT2D eigenvalue weighted by molar-refractivity contribution is 5.88. The van der Waals surface area contributed by atoms with Gasteiger partial charge in [-0.05, 0) is 44.0 Å². The van der Waals surface area contributed by atoms with Crippen molar-refractivity contribution < 1.29 is 9.59 Å². The predicted octanol–water partition coefficient (Wildman–Crippen LogP) is 3.15. The molecule has 128 valence electrons. The van der Waals surface area contributed by atoms with E-state index in [-0.39, 0.29) is 23.9 Å². The largest absolute Gasteiger partial charge is 0.350 e. The normalized spacial score (nSPS) is 11.3. The van der Waals surface area contributed by atoms with Gasteiger partial charge in [0.2, 0.25) is 11.8 Å². The van der Waals surface area contributed by atoms with E-state index in [1.807, 2.05) is 64.1 Å². The molecule has 2 rings (SSSR count). The maximum Gasteiger partial charge on any atom is 0.240 e. The molecule has 2 aromatic rings. The van der Waals surface area contributed by atoms with Gasteiger partial charge in [-0.25, -0.2) is 0 Å². The average Bonchev–Trinajstić information content (AvgIpc) is 2.50. The fourth-order valence-electron chi connectivity index (χ4n) is 2.64. The summed E-state index contributed by atoms with van der Waals surface area (Å²) in [5.74, 6) is -0.159. The summed E-state index contributed by atoms with van der Waals surface area (Å²) in [5, 5.41) is 5.17. The number of likely N-dealkylation sites (N-methyl/N-ethyl adjacent to an activating group) is 1. The van der Waals surface area contributed by atoms with Gasteiger partial charge in [-0.3, -0.25) is 9.59 Å². The third kappa shape index (κ3) is 5.08. The van der Waals surface area contributed by atoms with Gasteiger partial charge < -0.3 is 10.2 Å². The van der Waals surface area contributed by atoms with Gasteiger partial charge in [0.1, 0.15) is 0 Å². The van der Waals surface area contributed by atoms with E-state index in [0.29, 0.717) is 13.0 Å². The highest BCUT2D eigenvalue weighted by atomic mass is 16.2. The zero-order valence-corrected chi connectivity index (χ0v) is 14.9. The van der Waals surface area contributed by atoms with Gasteiger partial charge in [0.25, 0.3) is 0 Å². The zero-order chi connectivity index (χ0) is 17.7. The van der Waals surface area contributed by atoms with Crippen molar-refractivity contribution in [1.82, 2.24) is 10.2 Å². The first-order valence-electron chi connectivity index (χ1n) is 8.35. The molecular formula is C20H26N2O2. The third-order valence-corrected chi connectivity index (χ3v) is 3.75. The Morgan fingerprint density at radius 1 is 1.04 bits per heavy atom. The van der Waals surface area contributed by atoms with Gasteiger partial charge in [-0.1, -0.05) is 42.5 Å². The standard InChI is InChI=1S/C20H26N2O2/c1-5-22(14-18(23)21-20(2,3)4)19(24)13-15-10-11-16-8-6-7-9-17(16)12-15/h6-12H,5,13-14H2,1-4H3,(H,21,23). The van der Waals surface area contributed by atoms with Gasteiger partial charge in [-0.15, -0.1) is 0 Å². The summed E-state index contributed by atoms with van der Waals surface area (Å²) in [4.78, 5) is 26.2. The molecule has 0 aliphatic carbocycles. The molecule has 0 saturated carbocycles. The summed E-state index contributed by atoms with van der Waals surface area (Å²) in [7, 11) is 0. The number of hydrogen-bond acceptors (Lipinski definition) is 2. The Morgan fingerprint density at radius 2 is 1.71 bits per heavy atom. The summed E-state index contributed by atoms with van der Waals surface area (Å²) in [6.45, 7) is 8.29. The molecule has 0 fully saturated rings. The quantitative estimate of drug-likeness (QED) is 0.917. The van der Waals surface area contributed by atoms with Gasteiger partial charge >= 0.3 is 0 Å². The molecule has 0 unspecified atom stereocenters. The first-order chi connectivity index (χ1) is 11.3. The molecule has 2 aromatic carbocycles. The highest BCUT2D eigenvalue weighted by Gasteiger charge is 2.19. The van der Waals surface area contributed by atoms with E-state index in [4.69, 9.17) is 0 Å². The minimum atomic E-state index is -0.294. The van der Waals surface area contributed by atoms with E-state index in [2.05, 4.69) is 11.4 Å². The number of fused-ring (bicyclic) bond motifs is 1. The Kier molecular flexibility index (Phi) is 5.60. The summed E-state index contributed by atoms with van der Waals surface area (Å²) >= 11 is 0. The smallest absolute Gasteiger partial charge is 0.240 e. The number of carbonyl (C=O) groups is 2. The fourth-order valence-corrected chi connectivity index (χ4v) is 2.64. The van der Waals surface area contributed by atoms with E-state index >= 15 is 0 Å². The van der Waals surface area contributed by atoms with Crippen molar-refractivity contribution >= 4 is 22.6 Å². The molecule has 4 nitrogen and oxygen atoms in total. The second-order valence-corrected chi connectivity index (χ2v) is 7.06. The average molecular weight is 326 g/mol. The van der Waals surface area contributed by atoms with Crippen LogP contribution in [0.4, 0.5) is 0 Å². The van der Waals surface area contributed by atoms with E-state index in [9.17, 15) is 9.59 Å². The molecule has 0 radical (unpaired) electrons. The fraction of sp³-hybridized carbons (Fsp3) is 0.400. The van der Waals surface area contributed by atoms with E-state index < -0.39 is 0 Å². The summed E-state index contributed by atoms with van der Waals surface area (Å²) in [5.41, 5.74) is 0.672. The Morgan fingerprint density at radius 3 is 2.33 bits per heavy atom. The molecule has 0 heterocycles. The van der Waals surface area contributed by atoms with Crippen molar-refractivity contribution in [3.05, 3.63) is 48.0 Å². The lowest BCUT2D eigenvalue weighted by atomic mass is 10.0. The van der Waals surface area contributed by atoms with E-state index in [0.717, 1.165) is 16.3 Å². The lowest BCUT2D eigenvalue weighted by molar-refractivity contribution is -0.135. The number of amides is 2. The van der Waals surface area contributed by atoms with Crippen LogP contribution in [0.15, 0.2) is 42.5 Å². The lowest BCUT2D eigenvalue weighted by Crippen LogP contribution is -2.47. The number of carbonyl (C=O) groups excluding carboxylic acids is 2. The van der Waals surface area contributed by atoms with Crippen LogP contribution in [0.5, 0.6) is 0 Å². The van der Waals surface area contributed by atoms with Crippen LogP contribution < -0.4 is 5.32 Å². The van der Waals surface area contributed by atoms with Crippen molar-refractivity contribution in [1.29, 1.82) is 0 Å². The Bertz CT molecular complexity index is 732. The van der Waals surface area contributed by atoms with Crippen LogP contribution in [-0.4, -0.2) is 35.3 Å². The van der Waals surface area contributed by atoms with Crippen molar-refractivity contribution in [3.63, 3.8) is 0 Å². The first kappa shape index (κ1) is 18.0. The molecule has 0 saturated heterocycles. The molecule has 24 heavy (non-hydrogen) atoms. The molecule has 0 bridgehead atoms. The van der Waals surface area contributed by atoms with Gasteiger partial charge in [0.05, 0.1) is 13.0 Å². The van der Waals surface area contributed by atoms with Crippen LogP contribution in [0.3, 0.4) is 0 Å². The topological polar surface area (TPSA) is 49.4 Å². The van der Waals surface area contributed by atoms with Crippen molar-refractivity contribution in [3.8, 4) is 0 Å². The predicted molar refractivity (Wildman–Crippen MR) is 97.8 cm³/mol. The minimum absolute atomic E-state index is 0.0307. The van der Waals surface area contributed by atoms with Gasteiger partial charge in [0, 0.05) is 12.1 Å². The zero-order valence-electron chi connectivity index (χ0n) is 14.9. The molecule has 4 heteroatoms. The summed E-state index contributed by atoms with van der Waals surface area (Å²) in [6, 6.07) is 14.1. The second-order valence-electron chi connectivity index (χ2n) is 7.06. The van der Waals surface area contributed by atoms with Gasteiger partial charge in [-0.2, -0.15) is 0 Å². The van der Waals surface area contributed by atoms with Gasteiger partial charge in [0.15, 0.2) is 0 Å². The molecule has 1 N–H and O–H groups in total. The molecule has 0 aromatic heterocycles. The van der Waals surface area contributed by atoms with Crippen LogP contribution >= 0.6 is 0 Å². The molecule has 0 aliphatic rings. The SMILES string of the molecule is CCN(CC(=O)NC(C)(C)C)C(=O)Cc1ccc2ccccc2c1. The number of hydrogen-bond donors (Lipinski definition) is 1. The maximum atomic E-state index is 12.5. The summed E-state index contributed by atoms with van der Waals surface area (Å²) in [6.07, 6.45) is 0.307. The number of nitrogens with one attached hydrogen (secondary N) is 1. The van der Waals surface area contributed by atoms with E-state index in [1.165, 1.54) is 0 Å². The molecule has 0 aliphatic heterocycles. The highest BCUT2D eigenvalue weighted by Crippen LogP contribution is 2.16. The Balaban J connectivity index is 2.03. The first-order valence-corrected chi connectivity index (χ1v) is 8.35. The third-order valence-electron chi connectivity index (χ3n) is 3.75. The van der Waals surface area contributed by atoms with Crippen molar-refractivity contribution in [2.75, 3.05) is 13.1 Å². The number of nitrogens with zero attached hydrogens (tertiary/aromatic N) is 1. The van der Waals surface area contributed by atoms with Crippen LogP contribution in [0, 0.1) is 0 Å². The lowest BCUT2D eigenvalue weighted by Gasteiger charge is -2.25. The number of benzene rings is 2. The van der Waals surface area contributed by atoms with Crippen LogP contribution in [0.25, 0.3) is 10.8 Å². The molecule has 0 spiro atoms. The minimum Gasteiger partial charge on any atom is -0.350 e. The van der Waals surface area contributed by atoms with Crippen LogP contribution in [0.2, 0.25) is 0 Å². The monoisotopic (exact) mass is 326 g/mol. The van der Waals surface area contributed by atoms with Crippen molar-refractivity contribution in [2.24, 2.45) is 0 Å². The van der Waals surface area contributed by atoms with E-state index in [1.54, 1.807) is 4.90 Å². The molecule has 2 amide bonds. The molecular weight excluding hydrogens is 300 g/mol. The Labute approximate surface area is 143 Å².